The van der Waals surface area contributed by atoms with Gasteiger partial charge in [0.1, 0.15) is 6.10 Å². The second-order valence-electron chi connectivity index (χ2n) is 3.52. The van der Waals surface area contributed by atoms with Crippen LogP contribution in [-0.2, 0) is 10.0 Å². The third-order valence-electron chi connectivity index (χ3n) is 2.23. The van der Waals surface area contributed by atoms with Crippen LogP contribution < -0.4 is 4.74 Å². The van der Waals surface area contributed by atoms with Crippen LogP contribution in [0.4, 0.5) is 0 Å². The van der Waals surface area contributed by atoms with Gasteiger partial charge in [-0.05, 0) is 19.1 Å². The summed E-state index contributed by atoms with van der Waals surface area (Å²) >= 11 is 0. The van der Waals surface area contributed by atoms with Gasteiger partial charge in [0, 0.05) is 13.2 Å². The number of nitrogens with zero attached hydrogens (tertiary/aromatic N) is 2. The Labute approximate surface area is 88.7 Å². The minimum Gasteiger partial charge on any atom is -0.486 e. The van der Waals surface area contributed by atoms with Crippen LogP contribution in [0.1, 0.15) is 6.92 Å². The summed E-state index contributed by atoms with van der Waals surface area (Å²) in [4.78, 5) is 3.86. The third-order valence-corrected chi connectivity index (χ3v) is 4.00. The Balaban J connectivity index is 2.63. The van der Waals surface area contributed by atoms with Crippen molar-refractivity contribution in [3.63, 3.8) is 0 Å². The average molecular weight is 228 g/mol. The number of ether oxygens (including phenoxy) is 1. The second kappa shape index (κ2) is 3.46. The van der Waals surface area contributed by atoms with E-state index in [0.29, 0.717) is 12.3 Å². The van der Waals surface area contributed by atoms with Gasteiger partial charge < -0.3 is 4.74 Å². The molecule has 5 nitrogen and oxygen atoms in total. The van der Waals surface area contributed by atoms with Gasteiger partial charge >= 0.3 is 0 Å². The summed E-state index contributed by atoms with van der Waals surface area (Å²) in [5.74, 6) is 0.328. The fraction of sp³-hybridized carbons (Fsp3) is 0.444. The topological polar surface area (TPSA) is 59.5 Å². The van der Waals surface area contributed by atoms with E-state index in [1.807, 2.05) is 6.92 Å². The summed E-state index contributed by atoms with van der Waals surface area (Å²) in [6, 6.07) is 3.28. The molecule has 0 aliphatic carbocycles. The average Bonchev–Trinajstić information content (AvgIpc) is 2.24. The molecule has 1 atom stereocenters. The van der Waals surface area contributed by atoms with Crippen molar-refractivity contribution in [1.29, 1.82) is 0 Å². The van der Waals surface area contributed by atoms with Crippen molar-refractivity contribution in [3.05, 3.63) is 18.3 Å². The molecule has 0 saturated carbocycles. The zero-order chi connectivity index (χ0) is 11.1. The Kier molecular flexibility index (Phi) is 2.40. The first-order valence-electron chi connectivity index (χ1n) is 4.60. The SMILES string of the molecule is CC1CN(C)S(=O)(=O)c2ncccc2O1. The van der Waals surface area contributed by atoms with Crippen LogP contribution in [0.3, 0.4) is 0 Å². The molecule has 15 heavy (non-hydrogen) atoms. The number of pyridine rings is 1. The molecule has 0 amide bonds. The fourth-order valence-electron chi connectivity index (χ4n) is 1.52. The Morgan fingerprint density at radius 1 is 1.60 bits per heavy atom. The van der Waals surface area contributed by atoms with Crippen LogP contribution in [0.25, 0.3) is 0 Å². The van der Waals surface area contributed by atoms with E-state index in [4.69, 9.17) is 4.74 Å². The van der Waals surface area contributed by atoms with E-state index in [0.717, 1.165) is 0 Å². The molecular formula is C9H12N2O3S. The Bertz CT molecular complexity index is 472. The van der Waals surface area contributed by atoms with Crippen molar-refractivity contribution >= 4 is 10.0 Å². The molecule has 0 radical (unpaired) electrons. The van der Waals surface area contributed by atoms with Gasteiger partial charge in [-0.1, -0.05) is 0 Å². The molecule has 1 aromatic heterocycles. The van der Waals surface area contributed by atoms with Crippen molar-refractivity contribution < 1.29 is 13.2 Å². The summed E-state index contributed by atoms with van der Waals surface area (Å²) in [6.07, 6.45) is 1.28. The zero-order valence-corrected chi connectivity index (χ0v) is 9.36. The van der Waals surface area contributed by atoms with Crippen molar-refractivity contribution in [2.75, 3.05) is 13.6 Å². The van der Waals surface area contributed by atoms with Gasteiger partial charge in [-0.2, -0.15) is 4.31 Å². The van der Waals surface area contributed by atoms with Crippen molar-refractivity contribution in [2.24, 2.45) is 0 Å². The van der Waals surface area contributed by atoms with Gasteiger partial charge in [0.15, 0.2) is 5.75 Å². The predicted molar refractivity (Wildman–Crippen MR) is 54.1 cm³/mol. The summed E-state index contributed by atoms with van der Waals surface area (Å²) in [5, 5.41) is -0.00292. The van der Waals surface area contributed by atoms with Crippen LogP contribution in [0.5, 0.6) is 5.75 Å². The molecule has 0 N–H and O–H groups in total. The lowest BCUT2D eigenvalue weighted by Crippen LogP contribution is -2.32. The molecule has 1 aromatic rings. The zero-order valence-electron chi connectivity index (χ0n) is 8.54. The van der Waals surface area contributed by atoms with Gasteiger partial charge in [-0.3, -0.25) is 0 Å². The predicted octanol–water partition coefficient (Wildman–Crippen LogP) is 0.483. The molecule has 6 heteroatoms. The molecule has 0 spiro atoms. The van der Waals surface area contributed by atoms with Gasteiger partial charge in [0.2, 0.25) is 5.03 Å². The normalized spacial score (nSPS) is 25.1. The number of hydrogen-bond acceptors (Lipinski definition) is 4. The summed E-state index contributed by atoms with van der Waals surface area (Å²) in [7, 11) is -1.97. The molecule has 1 unspecified atom stereocenters. The van der Waals surface area contributed by atoms with Crippen LogP contribution in [-0.4, -0.2) is 37.4 Å². The maximum atomic E-state index is 12.0. The number of sulfonamides is 1. The Morgan fingerprint density at radius 3 is 3.07 bits per heavy atom. The first-order chi connectivity index (χ1) is 7.01. The summed E-state index contributed by atoms with van der Waals surface area (Å²) < 4.78 is 30.6. The molecule has 0 bridgehead atoms. The van der Waals surface area contributed by atoms with E-state index in [-0.39, 0.29) is 11.1 Å². The van der Waals surface area contributed by atoms with Crippen LogP contribution in [0, 0.1) is 0 Å². The lowest BCUT2D eigenvalue weighted by molar-refractivity contribution is 0.199. The minimum atomic E-state index is -3.49. The lowest BCUT2D eigenvalue weighted by Gasteiger charge is -2.14. The molecular weight excluding hydrogens is 216 g/mol. The molecule has 1 aliphatic heterocycles. The first kappa shape index (κ1) is 10.4. The fourth-order valence-corrected chi connectivity index (χ4v) is 2.79. The van der Waals surface area contributed by atoms with Crippen LogP contribution in [0.2, 0.25) is 0 Å². The quantitative estimate of drug-likeness (QED) is 0.648. The van der Waals surface area contributed by atoms with Gasteiger partial charge in [-0.15, -0.1) is 0 Å². The molecule has 0 saturated heterocycles. The van der Waals surface area contributed by atoms with Gasteiger partial charge in [0.25, 0.3) is 10.0 Å². The standard InChI is InChI=1S/C9H12N2O3S/c1-7-6-11(2)15(12,13)9-8(14-7)4-3-5-10-9/h3-5,7H,6H2,1-2H3. The number of aromatic nitrogens is 1. The highest BCUT2D eigenvalue weighted by atomic mass is 32.2. The van der Waals surface area contributed by atoms with Gasteiger partial charge in [-0.25, -0.2) is 13.4 Å². The van der Waals surface area contributed by atoms with E-state index in [9.17, 15) is 8.42 Å². The van der Waals surface area contributed by atoms with E-state index in [2.05, 4.69) is 4.98 Å². The smallest absolute Gasteiger partial charge is 0.264 e. The van der Waals surface area contributed by atoms with Crippen LogP contribution >= 0.6 is 0 Å². The number of rotatable bonds is 0. The molecule has 82 valence electrons. The van der Waals surface area contributed by atoms with E-state index in [1.165, 1.54) is 17.5 Å². The highest BCUT2D eigenvalue weighted by Gasteiger charge is 2.31. The van der Waals surface area contributed by atoms with Crippen LogP contribution in [0.15, 0.2) is 23.4 Å². The molecule has 2 heterocycles. The van der Waals surface area contributed by atoms with Crippen molar-refractivity contribution in [1.82, 2.24) is 9.29 Å². The maximum absolute atomic E-state index is 12.0. The van der Waals surface area contributed by atoms with E-state index in [1.54, 1.807) is 12.1 Å². The monoisotopic (exact) mass is 228 g/mol. The highest BCUT2D eigenvalue weighted by molar-refractivity contribution is 7.89. The Hall–Kier alpha value is -1.14. The molecule has 0 aromatic carbocycles. The molecule has 2 rings (SSSR count). The largest absolute Gasteiger partial charge is 0.486 e. The van der Waals surface area contributed by atoms with E-state index >= 15 is 0 Å². The number of fused-ring (bicyclic) bond motifs is 1. The number of likely N-dealkylation sites (N-methyl/N-ethyl adjacent to an activating group) is 1. The molecule has 0 fully saturated rings. The highest BCUT2D eigenvalue weighted by Crippen LogP contribution is 2.27. The van der Waals surface area contributed by atoms with Gasteiger partial charge in [0.05, 0.1) is 6.54 Å². The summed E-state index contributed by atoms with van der Waals surface area (Å²) in [5.41, 5.74) is 0. The van der Waals surface area contributed by atoms with E-state index < -0.39 is 10.0 Å². The van der Waals surface area contributed by atoms with Crippen molar-refractivity contribution in [2.45, 2.75) is 18.1 Å². The summed E-state index contributed by atoms with van der Waals surface area (Å²) in [6.45, 7) is 2.16. The van der Waals surface area contributed by atoms with Crippen molar-refractivity contribution in [3.8, 4) is 5.75 Å². The third kappa shape index (κ3) is 1.70. The maximum Gasteiger partial charge on any atom is 0.264 e. The molecule has 1 aliphatic rings. The lowest BCUT2D eigenvalue weighted by atomic mass is 10.4. The first-order valence-corrected chi connectivity index (χ1v) is 6.04. The minimum absolute atomic E-state index is 0.00292. The Morgan fingerprint density at radius 2 is 2.33 bits per heavy atom. The number of hydrogen-bond donors (Lipinski definition) is 0. The second-order valence-corrected chi connectivity index (χ2v) is 5.48.